The van der Waals surface area contributed by atoms with Crippen molar-refractivity contribution in [3.05, 3.63) is 53.2 Å². The zero-order chi connectivity index (χ0) is 16.4. The van der Waals surface area contributed by atoms with Gasteiger partial charge in [-0.05, 0) is 49.1 Å². The number of fused-ring (bicyclic) bond motifs is 1. The number of ketones is 1. The second-order valence-electron chi connectivity index (χ2n) is 5.36. The molecule has 0 fully saturated rings. The van der Waals surface area contributed by atoms with E-state index in [-0.39, 0.29) is 5.78 Å². The SMILES string of the molecule is COc1ccc(Cc2[nH]nc3ccc(C(C)=O)cc23)cc1SC. The minimum absolute atomic E-state index is 0.0631. The number of methoxy groups -OCH3 is 1. The van der Waals surface area contributed by atoms with Gasteiger partial charge in [0.2, 0.25) is 0 Å². The average molecular weight is 326 g/mol. The topological polar surface area (TPSA) is 55.0 Å². The standard InChI is InChI=1S/C18H18N2O2S/c1-11(21)13-5-6-15-14(10-13)16(20-19-15)8-12-4-7-17(22-2)18(9-12)23-3/h4-7,9-10H,8H2,1-3H3,(H,19,20). The van der Waals surface area contributed by atoms with Crippen LogP contribution in [-0.4, -0.2) is 29.3 Å². The molecule has 1 aromatic heterocycles. The van der Waals surface area contributed by atoms with Crippen molar-refractivity contribution in [1.82, 2.24) is 10.2 Å². The van der Waals surface area contributed by atoms with Crippen LogP contribution in [0.5, 0.6) is 5.75 Å². The highest BCUT2D eigenvalue weighted by Crippen LogP contribution is 2.30. The Kier molecular flexibility index (Phi) is 4.39. The van der Waals surface area contributed by atoms with E-state index in [0.29, 0.717) is 5.56 Å². The van der Waals surface area contributed by atoms with Crippen molar-refractivity contribution in [2.75, 3.05) is 13.4 Å². The molecule has 0 aliphatic rings. The maximum Gasteiger partial charge on any atom is 0.159 e. The Morgan fingerprint density at radius 1 is 1.26 bits per heavy atom. The molecule has 1 heterocycles. The van der Waals surface area contributed by atoms with Crippen LogP contribution in [0.1, 0.15) is 28.5 Å². The molecule has 0 unspecified atom stereocenters. The molecule has 0 spiro atoms. The van der Waals surface area contributed by atoms with Gasteiger partial charge in [0.15, 0.2) is 5.78 Å². The van der Waals surface area contributed by atoms with E-state index in [0.717, 1.165) is 33.7 Å². The second-order valence-corrected chi connectivity index (χ2v) is 6.20. The predicted octanol–water partition coefficient (Wildman–Crippen LogP) is 4.09. The van der Waals surface area contributed by atoms with Gasteiger partial charge in [0, 0.05) is 28.0 Å². The van der Waals surface area contributed by atoms with Gasteiger partial charge in [-0.2, -0.15) is 5.10 Å². The fourth-order valence-electron chi connectivity index (χ4n) is 2.61. The highest BCUT2D eigenvalue weighted by atomic mass is 32.2. The van der Waals surface area contributed by atoms with Crippen LogP contribution in [0.3, 0.4) is 0 Å². The third-order valence-corrected chi connectivity index (χ3v) is 4.63. The van der Waals surface area contributed by atoms with Crippen molar-refractivity contribution in [3.63, 3.8) is 0 Å². The van der Waals surface area contributed by atoms with Crippen molar-refractivity contribution in [1.29, 1.82) is 0 Å². The summed E-state index contributed by atoms with van der Waals surface area (Å²) in [6.07, 6.45) is 2.77. The molecule has 2 aromatic carbocycles. The lowest BCUT2D eigenvalue weighted by molar-refractivity contribution is 0.101. The lowest BCUT2D eigenvalue weighted by Crippen LogP contribution is -1.94. The molecule has 3 rings (SSSR count). The highest BCUT2D eigenvalue weighted by Gasteiger charge is 2.10. The lowest BCUT2D eigenvalue weighted by Gasteiger charge is -2.08. The number of thioether (sulfide) groups is 1. The van der Waals surface area contributed by atoms with Gasteiger partial charge in [-0.1, -0.05) is 6.07 Å². The van der Waals surface area contributed by atoms with Gasteiger partial charge in [-0.15, -0.1) is 11.8 Å². The van der Waals surface area contributed by atoms with Crippen LogP contribution >= 0.6 is 11.8 Å². The van der Waals surface area contributed by atoms with E-state index in [2.05, 4.69) is 22.3 Å². The predicted molar refractivity (Wildman–Crippen MR) is 93.7 cm³/mol. The van der Waals surface area contributed by atoms with Crippen LogP contribution in [0, 0.1) is 0 Å². The number of aromatic nitrogens is 2. The van der Waals surface area contributed by atoms with Crippen molar-refractivity contribution < 1.29 is 9.53 Å². The first-order valence-electron chi connectivity index (χ1n) is 7.31. The first kappa shape index (κ1) is 15.6. The molecule has 4 nitrogen and oxygen atoms in total. The number of aromatic amines is 1. The van der Waals surface area contributed by atoms with Crippen molar-refractivity contribution in [2.45, 2.75) is 18.2 Å². The summed E-state index contributed by atoms with van der Waals surface area (Å²) in [5, 5.41) is 8.42. The van der Waals surface area contributed by atoms with Gasteiger partial charge in [-0.25, -0.2) is 0 Å². The summed E-state index contributed by atoms with van der Waals surface area (Å²) in [5.41, 5.74) is 3.78. The minimum Gasteiger partial charge on any atom is -0.496 e. The molecule has 0 aliphatic heterocycles. The van der Waals surface area contributed by atoms with Crippen molar-refractivity contribution in [3.8, 4) is 5.75 Å². The number of Topliss-reactive ketones (excluding diaryl/α,β-unsaturated/α-hetero) is 1. The molecule has 118 valence electrons. The van der Waals surface area contributed by atoms with Crippen molar-refractivity contribution >= 4 is 28.4 Å². The van der Waals surface area contributed by atoms with Crippen molar-refractivity contribution in [2.24, 2.45) is 0 Å². The molecule has 0 saturated carbocycles. The molecule has 0 bridgehead atoms. The van der Waals surface area contributed by atoms with Crippen LogP contribution in [0.4, 0.5) is 0 Å². The number of nitrogens with one attached hydrogen (secondary N) is 1. The monoisotopic (exact) mass is 326 g/mol. The van der Waals surface area contributed by atoms with Crippen LogP contribution in [0.25, 0.3) is 10.9 Å². The average Bonchev–Trinajstić information content (AvgIpc) is 2.96. The van der Waals surface area contributed by atoms with Gasteiger partial charge < -0.3 is 4.74 Å². The molecular weight excluding hydrogens is 308 g/mol. The maximum atomic E-state index is 11.6. The second kappa shape index (κ2) is 6.46. The van der Waals surface area contributed by atoms with E-state index in [1.807, 2.05) is 30.5 Å². The van der Waals surface area contributed by atoms with Gasteiger partial charge in [-0.3, -0.25) is 9.89 Å². The summed E-state index contributed by atoms with van der Waals surface area (Å²) >= 11 is 1.66. The van der Waals surface area contributed by atoms with Crippen LogP contribution in [-0.2, 0) is 6.42 Å². The van der Waals surface area contributed by atoms with E-state index in [9.17, 15) is 4.79 Å². The fourth-order valence-corrected chi connectivity index (χ4v) is 3.23. The zero-order valence-corrected chi connectivity index (χ0v) is 14.2. The van der Waals surface area contributed by atoms with E-state index in [1.165, 1.54) is 5.56 Å². The van der Waals surface area contributed by atoms with Gasteiger partial charge in [0.05, 0.1) is 12.6 Å². The molecule has 0 saturated heterocycles. The fraction of sp³-hybridized carbons (Fsp3) is 0.222. The Bertz CT molecular complexity index is 871. The van der Waals surface area contributed by atoms with Crippen LogP contribution in [0.15, 0.2) is 41.3 Å². The number of ether oxygens (including phenoxy) is 1. The number of carbonyl (C=O) groups excluding carboxylic acids is 1. The summed E-state index contributed by atoms with van der Waals surface area (Å²) in [5.74, 6) is 0.947. The zero-order valence-electron chi connectivity index (χ0n) is 13.3. The molecule has 3 aromatic rings. The van der Waals surface area contributed by atoms with Gasteiger partial charge in [0.1, 0.15) is 5.75 Å². The van der Waals surface area contributed by atoms with E-state index < -0.39 is 0 Å². The van der Waals surface area contributed by atoms with Crippen LogP contribution < -0.4 is 4.74 Å². The molecule has 23 heavy (non-hydrogen) atoms. The molecule has 0 aliphatic carbocycles. The Labute approximate surface area is 139 Å². The Morgan fingerprint density at radius 3 is 2.78 bits per heavy atom. The summed E-state index contributed by atoms with van der Waals surface area (Å²) < 4.78 is 5.36. The largest absolute Gasteiger partial charge is 0.496 e. The number of hydrogen-bond donors (Lipinski definition) is 1. The quantitative estimate of drug-likeness (QED) is 0.567. The number of benzene rings is 2. The summed E-state index contributed by atoms with van der Waals surface area (Å²) in [6.45, 7) is 1.58. The summed E-state index contributed by atoms with van der Waals surface area (Å²) in [7, 11) is 1.68. The summed E-state index contributed by atoms with van der Waals surface area (Å²) in [6, 6.07) is 11.8. The number of H-pyrrole nitrogens is 1. The Balaban J connectivity index is 1.98. The minimum atomic E-state index is 0.0631. The lowest BCUT2D eigenvalue weighted by atomic mass is 10.0. The molecular formula is C18H18N2O2S. The third-order valence-electron chi connectivity index (χ3n) is 3.87. The van der Waals surface area contributed by atoms with Gasteiger partial charge in [0.25, 0.3) is 0 Å². The normalized spacial score (nSPS) is 10.9. The number of rotatable bonds is 5. The number of carbonyl (C=O) groups is 1. The van der Waals surface area contributed by atoms with E-state index >= 15 is 0 Å². The first-order chi connectivity index (χ1) is 11.1. The number of nitrogens with zero attached hydrogens (tertiary/aromatic N) is 1. The smallest absolute Gasteiger partial charge is 0.159 e. The summed E-state index contributed by atoms with van der Waals surface area (Å²) in [4.78, 5) is 12.7. The molecule has 0 amide bonds. The van der Waals surface area contributed by atoms with Gasteiger partial charge >= 0.3 is 0 Å². The number of hydrogen-bond acceptors (Lipinski definition) is 4. The first-order valence-corrected chi connectivity index (χ1v) is 8.53. The maximum absolute atomic E-state index is 11.6. The molecule has 0 radical (unpaired) electrons. The van der Waals surface area contributed by atoms with Crippen LogP contribution in [0.2, 0.25) is 0 Å². The molecule has 5 heteroatoms. The molecule has 0 atom stereocenters. The third kappa shape index (κ3) is 3.10. The highest BCUT2D eigenvalue weighted by molar-refractivity contribution is 7.98. The van der Waals surface area contributed by atoms with E-state index in [4.69, 9.17) is 4.74 Å². The molecule has 1 N–H and O–H groups in total. The van der Waals surface area contributed by atoms with E-state index in [1.54, 1.807) is 25.8 Å². The Hall–Kier alpha value is -2.27. The Morgan fingerprint density at radius 2 is 2.09 bits per heavy atom.